The summed E-state index contributed by atoms with van der Waals surface area (Å²) in [5, 5.41) is 0. The van der Waals surface area contributed by atoms with E-state index >= 15 is 0 Å². The van der Waals surface area contributed by atoms with Crippen molar-refractivity contribution < 1.29 is 13.9 Å². The average molecular weight is 266 g/mol. The van der Waals surface area contributed by atoms with Crippen LogP contribution in [0.2, 0.25) is 6.04 Å². The van der Waals surface area contributed by atoms with Crippen LogP contribution in [0.3, 0.4) is 0 Å². The fourth-order valence-corrected chi connectivity index (χ4v) is 2.02. The second kappa shape index (κ2) is 6.80. The van der Waals surface area contributed by atoms with E-state index in [-0.39, 0.29) is 11.7 Å². The Morgan fingerprint density at radius 1 is 1.17 bits per heavy atom. The molecule has 0 N–H and O–H groups in total. The Balaban J connectivity index is 2.59. The third-order valence-electron chi connectivity index (χ3n) is 2.26. The molecule has 0 saturated carbocycles. The van der Waals surface area contributed by atoms with Gasteiger partial charge in [0.2, 0.25) is 0 Å². The molecule has 1 atom stereocenters. The minimum Gasteiger partial charge on any atom is -0.538 e. The zero-order valence-electron chi connectivity index (χ0n) is 11.8. The van der Waals surface area contributed by atoms with Gasteiger partial charge in [0.05, 0.1) is 0 Å². The summed E-state index contributed by atoms with van der Waals surface area (Å²) < 4.78 is 16.5. The zero-order valence-corrected chi connectivity index (χ0v) is 12.8. The van der Waals surface area contributed by atoms with Crippen molar-refractivity contribution in [3.8, 4) is 11.5 Å². The van der Waals surface area contributed by atoms with Gasteiger partial charge in [-0.2, -0.15) is 0 Å². The first kappa shape index (κ1) is 15.1. The maximum absolute atomic E-state index is 5.81. The number of hydrogen-bond acceptors (Lipinski definition) is 3. The van der Waals surface area contributed by atoms with Crippen molar-refractivity contribution in [2.45, 2.75) is 40.0 Å². The highest BCUT2D eigenvalue weighted by Gasteiger charge is 2.14. The first-order valence-corrected chi connectivity index (χ1v) is 7.22. The quantitative estimate of drug-likeness (QED) is 0.582. The largest absolute Gasteiger partial charge is 0.538 e. The van der Waals surface area contributed by atoms with Gasteiger partial charge in [0.1, 0.15) is 5.75 Å². The van der Waals surface area contributed by atoms with E-state index in [1.165, 1.54) is 0 Å². The van der Waals surface area contributed by atoms with Gasteiger partial charge in [-0.05, 0) is 30.5 Å². The molecule has 1 unspecified atom stereocenters. The molecule has 0 heterocycles. The molecule has 1 rings (SSSR count). The highest BCUT2D eigenvalue weighted by Crippen LogP contribution is 2.28. The number of methoxy groups -OCH3 is 1. The van der Waals surface area contributed by atoms with Gasteiger partial charge in [-0.1, -0.05) is 32.9 Å². The van der Waals surface area contributed by atoms with Crippen LogP contribution in [0.25, 0.3) is 0 Å². The predicted molar refractivity (Wildman–Crippen MR) is 74.2 cm³/mol. The molecular formula is C14H22O3Si. The molecule has 0 saturated heterocycles. The molecule has 0 bridgehead atoms. The van der Waals surface area contributed by atoms with E-state index in [0.717, 1.165) is 17.5 Å². The molecule has 2 radical (unpaired) electrons. The molecule has 1 aromatic carbocycles. The second-order valence-electron chi connectivity index (χ2n) is 5.35. The zero-order chi connectivity index (χ0) is 13.6. The first-order valence-electron chi connectivity index (χ1n) is 6.10. The third-order valence-corrected chi connectivity index (χ3v) is 3.83. The molecule has 0 fully saturated rings. The molecule has 0 aliphatic heterocycles. The van der Waals surface area contributed by atoms with Crippen molar-refractivity contribution in [2.75, 3.05) is 7.11 Å². The molecule has 100 valence electrons. The van der Waals surface area contributed by atoms with Crippen molar-refractivity contribution in [1.29, 1.82) is 0 Å². The van der Waals surface area contributed by atoms with Crippen molar-refractivity contribution >= 4 is 9.76 Å². The Hall–Kier alpha value is -1.00. The summed E-state index contributed by atoms with van der Waals surface area (Å²) in [5.74, 6) is 1.51. The summed E-state index contributed by atoms with van der Waals surface area (Å²) in [7, 11) is 2.05. The normalized spacial score (nSPS) is 13.2. The van der Waals surface area contributed by atoms with Crippen LogP contribution in [0.15, 0.2) is 24.3 Å². The van der Waals surface area contributed by atoms with E-state index in [1.807, 2.05) is 31.2 Å². The first-order chi connectivity index (χ1) is 8.42. The van der Waals surface area contributed by atoms with Gasteiger partial charge in [0.15, 0.2) is 12.0 Å². The van der Waals surface area contributed by atoms with E-state index in [2.05, 4.69) is 20.8 Å². The molecule has 0 aliphatic carbocycles. The molecule has 0 amide bonds. The van der Waals surface area contributed by atoms with Crippen LogP contribution >= 0.6 is 0 Å². The van der Waals surface area contributed by atoms with E-state index in [1.54, 1.807) is 7.11 Å². The summed E-state index contributed by atoms with van der Waals surface area (Å²) in [6, 6.07) is 8.72. The molecule has 0 aromatic heterocycles. The van der Waals surface area contributed by atoms with Crippen molar-refractivity contribution in [3.63, 3.8) is 0 Å². The van der Waals surface area contributed by atoms with Gasteiger partial charge in [-0.25, -0.2) is 0 Å². The van der Waals surface area contributed by atoms with Crippen LogP contribution in [0.5, 0.6) is 11.5 Å². The molecule has 4 heteroatoms. The topological polar surface area (TPSA) is 27.7 Å². The molecule has 0 aliphatic rings. The number of benzene rings is 1. The van der Waals surface area contributed by atoms with Crippen LogP contribution < -0.4 is 9.16 Å². The molecule has 1 aromatic rings. The van der Waals surface area contributed by atoms with E-state index in [0.29, 0.717) is 9.76 Å². The van der Waals surface area contributed by atoms with Crippen LogP contribution in [0.4, 0.5) is 0 Å². The lowest BCUT2D eigenvalue weighted by atomic mass is 10.0. The number of hydrogen-bond donors (Lipinski definition) is 0. The van der Waals surface area contributed by atoms with E-state index in [4.69, 9.17) is 13.9 Å². The number of para-hydroxylation sites is 2. The Morgan fingerprint density at radius 2 is 1.78 bits per heavy atom. The van der Waals surface area contributed by atoms with Gasteiger partial charge < -0.3 is 13.9 Å². The lowest BCUT2D eigenvalue weighted by molar-refractivity contribution is -0.0391. The second-order valence-corrected chi connectivity index (χ2v) is 6.20. The monoisotopic (exact) mass is 266 g/mol. The number of ether oxygens (including phenoxy) is 2. The summed E-state index contributed by atoms with van der Waals surface area (Å²) in [4.78, 5) is 0. The fraction of sp³-hybridized carbons (Fsp3) is 0.571. The lowest BCUT2D eigenvalue weighted by Crippen LogP contribution is -2.16. The molecular weight excluding hydrogens is 244 g/mol. The van der Waals surface area contributed by atoms with Gasteiger partial charge >= 0.3 is 9.76 Å². The summed E-state index contributed by atoms with van der Waals surface area (Å²) >= 11 is 0. The van der Waals surface area contributed by atoms with Crippen LogP contribution in [-0.4, -0.2) is 23.2 Å². The van der Waals surface area contributed by atoms with Gasteiger partial charge in [0, 0.05) is 7.11 Å². The van der Waals surface area contributed by atoms with Crippen molar-refractivity contribution in [3.05, 3.63) is 24.3 Å². The molecule has 0 spiro atoms. The van der Waals surface area contributed by atoms with Crippen LogP contribution in [0.1, 0.15) is 27.7 Å². The Labute approximate surface area is 112 Å². The summed E-state index contributed by atoms with van der Waals surface area (Å²) in [6.07, 6.45) is -0.277. The smallest absolute Gasteiger partial charge is 0.311 e. The van der Waals surface area contributed by atoms with Gasteiger partial charge in [0.25, 0.3) is 0 Å². The Morgan fingerprint density at radius 3 is 2.33 bits per heavy atom. The highest BCUT2D eigenvalue weighted by atomic mass is 28.2. The third kappa shape index (κ3) is 5.56. The summed E-state index contributed by atoms with van der Waals surface area (Å²) in [6.45, 7) is 8.48. The minimum absolute atomic E-state index is 0.277. The van der Waals surface area contributed by atoms with Crippen LogP contribution in [-0.2, 0) is 4.74 Å². The SMILES string of the molecule is COC(C)Oc1ccccc1O[Si]CC(C)(C)C. The Bertz CT molecular complexity index is 360. The number of rotatable bonds is 6. The van der Waals surface area contributed by atoms with Crippen molar-refractivity contribution in [1.82, 2.24) is 0 Å². The Kier molecular flexibility index (Phi) is 5.69. The maximum Gasteiger partial charge on any atom is 0.311 e. The van der Waals surface area contributed by atoms with Gasteiger partial charge in [-0.15, -0.1) is 0 Å². The standard InChI is InChI=1S/C14H22O3Si/c1-11(15-5)16-12-8-6-7-9-13(12)17-18-10-14(2,3)4/h6-9,11H,10H2,1-5H3. The minimum atomic E-state index is -0.277. The average Bonchev–Trinajstić information content (AvgIpc) is 2.29. The van der Waals surface area contributed by atoms with Crippen molar-refractivity contribution in [2.24, 2.45) is 5.41 Å². The highest BCUT2D eigenvalue weighted by molar-refractivity contribution is 6.28. The molecule has 18 heavy (non-hydrogen) atoms. The molecule has 3 nitrogen and oxygen atoms in total. The predicted octanol–water partition coefficient (Wildman–Crippen LogP) is 3.52. The van der Waals surface area contributed by atoms with Crippen LogP contribution in [0, 0.1) is 5.41 Å². The fourth-order valence-electron chi connectivity index (χ4n) is 1.19. The lowest BCUT2D eigenvalue weighted by Gasteiger charge is -2.19. The maximum atomic E-state index is 5.81. The van der Waals surface area contributed by atoms with E-state index in [9.17, 15) is 0 Å². The van der Waals surface area contributed by atoms with E-state index < -0.39 is 0 Å². The van der Waals surface area contributed by atoms with Gasteiger partial charge in [-0.3, -0.25) is 0 Å². The summed E-state index contributed by atoms with van der Waals surface area (Å²) in [5.41, 5.74) is 0.286.